The van der Waals surface area contributed by atoms with Gasteiger partial charge in [-0.1, -0.05) is 43.2 Å². The molecular formula is C19H19N3O2. The van der Waals surface area contributed by atoms with Crippen LogP contribution in [0.2, 0.25) is 0 Å². The SMILES string of the molecule is O=[N+]([O-])c1cc(Cc2ccccc2)cc2c1ncn2C1CCCC1. The molecule has 1 fully saturated rings. The summed E-state index contributed by atoms with van der Waals surface area (Å²) in [7, 11) is 0. The average molecular weight is 321 g/mol. The largest absolute Gasteiger partial charge is 0.327 e. The van der Waals surface area contributed by atoms with Gasteiger partial charge in [-0.2, -0.15) is 0 Å². The fourth-order valence-electron chi connectivity index (χ4n) is 3.72. The second kappa shape index (κ2) is 6.07. The molecule has 1 saturated carbocycles. The quantitative estimate of drug-likeness (QED) is 0.519. The first kappa shape index (κ1) is 14.9. The van der Waals surface area contributed by atoms with Crippen molar-refractivity contribution in [3.05, 3.63) is 70.0 Å². The van der Waals surface area contributed by atoms with Crippen molar-refractivity contribution in [3.8, 4) is 0 Å². The molecule has 4 rings (SSSR count). The van der Waals surface area contributed by atoms with E-state index in [-0.39, 0.29) is 10.6 Å². The number of nitro benzene ring substituents is 1. The Morgan fingerprint density at radius 3 is 2.58 bits per heavy atom. The lowest BCUT2D eigenvalue weighted by atomic mass is 10.0. The number of aromatic nitrogens is 2. The number of hydrogen-bond donors (Lipinski definition) is 0. The van der Waals surface area contributed by atoms with Gasteiger partial charge in [0.2, 0.25) is 0 Å². The summed E-state index contributed by atoms with van der Waals surface area (Å²) >= 11 is 0. The van der Waals surface area contributed by atoms with Crippen LogP contribution in [-0.4, -0.2) is 14.5 Å². The summed E-state index contributed by atoms with van der Waals surface area (Å²) in [5, 5.41) is 11.5. The Hall–Kier alpha value is -2.69. The topological polar surface area (TPSA) is 61.0 Å². The van der Waals surface area contributed by atoms with Crippen LogP contribution in [-0.2, 0) is 6.42 Å². The van der Waals surface area contributed by atoms with Crippen molar-refractivity contribution in [1.82, 2.24) is 9.55 Å². The molecule has 122 valence electrons. The van der Waals surface area contributed by atoms with Gasteiger partial charge in [0.05, 0.1) is 16.8 Å². The Morgan fingerprint density at radius 2 is 1.88 bits per heavy atom. The third-order valence-corrected chi connectivity index (χ3v) is 4.88. The smallest absolute Gasteiger partial charge is 0.297 e. The molecule has 0 atom stereocenters. The zero-order valence-electron chi connectivity index (χ0n) is 13.4. The molecule has 2 aromatic carbocycles. The van der Waals surface area contributed by atoms with Gasteiger partial charge >= 0.3 is 0 Å². The van der Waals surface area contributed by atoms with E-state index >= 15 is 0 Å². The first-order chi connectivity index (χ1) is 11.7. The minimum Gasteiger partial charge on any atom is -0.327 e. The van der Waals surface area contributed by atoms with Crippen LogP contribution in [0.25, 0.3) is 11.0 Å². The summed E-state index contributed by atoms with van der Waals surface area (Å²) in [6.07, 6.45) is 7.16. The van der Waals surface area contributed by atoms with Crippen molar-refractivity contribution in [3.63, 3.8) is 0 Å². The summed E-state index contributed by atoms with van der Waals surface area (Å²) in [5.41, 5.74) is 3.61. The van der Waals surface area contributed by atoms with Crippen molar-refractivity contribution < 1.29 is 4.92 Å². The minimum absolute atomic E-state index is 0.107. The van der Waals surface area contributed by atoms with Crippen LogP contribution in [0.5, 0.6) is 0 Å². The lowest BCUT2D eigenvalue weighted by Crippen LogP contribution is -2.03. The molecule has 0 aliphatic heterocycles. The molecule has 0 spiro atoms. The zero-order valence-corrected chi connectivity index (χ0v) is 13.4. The van der Waals surface area contributed by atoms with Crippen LogP contribution in [0.15, 0.2) is 48.8 Å². The van der Waals surface area contributed by atoms with E-state index in [4.69, 9.17) is 0 Å². The molecule has 0 radical (unpaired) electrons. The van der Waals surface area contributed by atoms with Crippen LogP contribution in [0.1, 0.15) is 42.9 Å². The van der Waals surface area contributed by atoms with Gasteiger partial charge in [-0.3, -0.25) is 10.1 Å². The van der Waals surface area contributed by atoms with Gasteiger partial charge in [-0.15, -0.1) is 0 Å². The van der Waals surface area contributed by atoms with Crippen LogP contribution >= 0.6 is 0 Å². The molecule has 1 aliphatic rings. The Morgan fingerprint density at radius 1 is 1.12 bits per heavy atom. The van der Waals surface area contributed by atoms with E-state index in [0.29, 0.717) is 18.0 Å². The summed E-state index contributed by atoms with van der Waals surface area (Å²) < 4.78 is 2.14. The molecule has 0 saturated heterocycles. The third kappa shape index (κ3) is 2.66. The molecule has 5 nitrogen and oxygen atoms in total. The molecule has 1 heterocycles. The van der Waals surface area contributed by atoms with E-state index in [0.717, 1.165) is 29.5 Å². The van der Waals surface area contributed by atoms with E-state index in [1.807, 2.05) is 30.3 Å². The van der Waals surface area contributed by atoms with Crippen LogP contribution in [0, 0.1) is 10.1 Å². The Labute approximate surface area is 140 Å². The number of nitrogens with zero attached hydrogens (tertiary/aromatic N) is 3. The molecule has 3 aromatic rings. The molecule has 24 heavy (non-hydrogen) atoms. The number of rotatable bonds is 4. The van der Waals surface area contributed by atoms with Gasteiger partial charge in [0.25, 0.3) is 5.69 Å². The lowest BCUT2D eigenvalue weighted by molar-refractivity contribution is -0.383. The van der Waals surface area contributed by atoms with E-state index in [1.165, 1.54) is 12.8 Å². The highest BCUT2D eigenvalue weighted by Crippen LogP contribution is 2.35. The predicted octanol–water partition coefficient (Wildman–Crippen LogP) is 4.65. The van der Waals surface area contributed by atoms with Crippen molar-refractivity contribution in [2.45, 2.75) is 38.1 Å². The monoisotopic (exact) mass is 321 g/mol. The maximum atomic E-state index is 11.5. The van der Waals surface area contributed by atoms with Crippen LogP contribution < -0.4 is 0 Å². The third-order valence-electron chi connectivity index (χ3n) is 4.88. The summed E-state index contributed by atoms with van der Waals surface area (Å²) in [4.78, 5) is 15.5. The Kier molecular flexibility index (Phi) is 3.76. The normalized spacial score (nSPS) is 15.2. The van der Waals surface area contributed by atoms with Gasteiger partial charge in [0.1, 0.15) is 0 Å². The van der Waals surface area contributed by atoms with Gasteiger partial charge in [0, 0.05) is 12.1 Å². The Bertz CT molecular complexity index is 880. The summed E-state index contributed by atoms with van der Waals surface area (Å²) in [5.74, 6) is 0. The lowest BCUT2D eigenvalue weighted by Gasteiger charge is -2.13. The standard InChI is InChI=1S/C19H19N3O2/c23-22(24)18-12-15(10-14-6-2-1-3-7-14)11-17-19(18)20-13-21(17)16-8-4-5-9-16/h1-3,6-7,11-13,16H,4-5,8-10H2. The maximum Gasteiger partial charge on any atom is 0.297 e. The van der Waals surface area contributed by atoms with Crippen LogP contribution in [0.3, 0.4) is 0 Å². The second-order valence-corrected chi connectivity index (χ2v) is 6.49. The molecule has 1 aromatic heterocycles. The highest BCUT2D eigenvalue weighted by Gasteiger charge is 2.23. The van der Waals surface area contributed by atoms with Crippen LogP contribution in [0.4, 0.5) is 5.69 Å². The average Bonchev–Trinajstić information content (AvgIpc) is 3.24. The van der Waals surface area contributed by atoms with Gasteiger partial charge in [0.15, 0.2) is 5.52 Å². The minimum atomic E-state index is -0.317. The first-order valence-corrected chi connectivity index (χ1v) is 8.40. The predicted molar refractivity (Wildman–Crippen MR) is 93.1 cm³/mol. The van der Waals surface area contributed by atoms with E-state index < -0.39 is 0 Å². The fraction of sp³-hybridized carbons (Fsp3) is 0.316. The molecule has 0 bridgehead atoms. The maximum absolute atomic E-state index is 11.5. The summed E-state index contributed by atoms with van der Waals surface area (Å²) in [6, 6.07) is 14.2. The highest BCUT2D eigenvalue weighted by atomic mass is 16.6. The number of benzene rings is 2. The van der Waals surface area contributed by atoms with Crippen molar-refractivity contribution in [2.75, 3.05) is 0 Å². The molecule has 1 aliphatic carbocycles. The number of nitro groups is 1. The molecule has 0 unspecified atom stereocenters. The number of non-ortho nitro benzene ring substituents is 1. The Balaban J connectivity index is 1.82. The van der Waals surface area contributed by atoms with Crippen molar-refractivity contribution in [2.24, 2.45) is 0 Å². The van der Waals surface area contributed by atoms with Gasteiger partial charge < -0.3 is 4.57 Å². The molecular weight excluding hydrogens is 302 g/mol. The summed E-state index contributed by atoms with van der Waals surface area (Å²) in [6.45, 7) is 0. The van der Waals surface area contributed by atoms with Crippen molar-refractivity contribution >= 4 is 16.7 Å². The van der Waals surface area contributed by atoms with E-state index in [1.54, 1.807) is 12.4 Å². The number of fused-ring (bicyclic) bond motifs is 1. The van der Waals surface area contributed by atoms with Gasteiger partial charge in [-0.05, 0) is 36.5 Å². The highest BCUT2D eigenvalue weighted by molar-refractivity contribution is 5.86. The molecule has 0 N–H and O–H groups in total. The first-order valence-electron chi connectivity index (χ1n) is 8.40. The molecule has 5 heteroatoms. The second-order valence-electron chi connectivity index (χ2n) is 6.49. The van der Waals surface area contributed by atoms with Gasteiger partial charge in [-0.25, -0.2) is 4.98 Å². The number of imidazole rings is 1. The van der Waals surface area contributed by atoms with E-state index in [2.05, 4.69) is 15.6 Å². The molecule has 0 amide bonds. The van der Waals surface area contributed by atoms with E-state index in [9.17, 15) is 10.1 Å². The number of hydrogen-bond acceptors (Lipinski definition) is 3. The fourth-order valence-corrected chi connectivity index (χ4v) is 3.72. The van der Waals surface area contributed by atoms with Crippen molar-refractivity contribution in [1.29, 1.82) is 0 Å². The zero-order chi connectivity index (χ0) is 16.5.